The first-order valence-corrected chi connectivity index (χ1v) is 9.91. The Bertz CT molecular complexity index is 739. The van der Waals surface area contributed by atoms with E-state index >= 15 is 0 Å². The highest BCUT2D eigenvalue weighted by Gasteiger charge is 2.30. The fourth-order valence-corrected chi connectivity index (χ4v) is 4.74. The molecular weight excluding hydrogens is 326 g/mol. The van der Waals surface area contributed by atoms with E-state index in [-0.39, 0.29) is 16.2 Å². The molecule has 1 unspecified atom stereocenters. The van der Waals surface area contributed by atoms with Crippen LogP contribution < -0.4 is 14.9 Å². The van der Waals surface area contributed by atoms with E-state index in [4.69, 9.17) is 0 Å². The number of hydrogen-bond donors (Lipinski definition) is 2. The van der Waals surface area contributed by atoms with Crippen LogP contribution in [0.2, 0.25) is 0 Å². The van der Waals surface area contributed by atoms with Gasteiger partial charge in [0, 0.05) is 32.2 Å². The van der Waals surface area contributed by atoms with Gasteiger partial charge in [-0.15, -0.1) is 0 Å². The number of piperidine rings is 1. The smallest absolute Gasteiger partial charge is 0.240 e. The second-order valence-electron chi connectivity index (χ2n) is 7.13. The molecule has 0 aromatic heterocycles. The number of anilines is 1. The molecule has 132 valence electrons. The molecule has 2 aliphatic heterocycles. The van der Waals surface area contributed by atoms with Crippen LogP contribution in [0.1, 0.15) is 32.3 Å². The van der Waals surface area contributed by atoms with Gasteiger partial charge >= 0.3 is 0 Å². The van der Waals surface area contributed by atoms with Gasteiger partial charge in [0.05, 0.1) is 4.90 Å². The zero-order chi connectivity index (χ0) is 17.4. The number of benzene rings is 1. The minimum atomic E-state index is -3.54. The lowest BCUT2D eigenvalue weighted by atomic mass is 9.83. The third-order valence-electron chi connectivity index (χ3n) is 5.01. The Hall–Kier alpha value is -1.44. The number of hydrogen-bond acceptors (Lipinski definition) is 4. The zero-order valence-electron chi connectivity index (χ0n) is 14.3. The molecule has 24 heavy (non-hydrogen) atoms. The summed E-state index contributed by atoms with van der Waals surface area (Å²) in [4.78, 5) is 13.6. The van der Waals surface area contributed by atoms with Gasteiger partial charge in [0.1, 0.15) is 0 Å². The Morgan fingerprint density at radius 1 is 1.42 bits per heavy atom. The van der Waals surface area contributed by atoms with Gasteiger partial charge in [-0.2, -0.15) is 0 Å². The molecule has 7 heteroatoms. The summed E-state index contributed by atoms with van der Waals surface area (Å²) >= 11 is 0. The Kier molecular flexibility index (Phi) is 4.68. The van der Waals surface area contributed by atoms with Crippen molar-refractivity contribution >= 4 is 21.6 Å². The molecule has 0 radical (unpaired) electrons. The maximum atomic E-state index is 12.6. The maximum Gasteiger partial charge on any atom is 0.240 e. The Labute approximate surface area is 143 Å². The molecule has 1 aromatic rings. The van der Waals surface area contributed by atoms with E-state index in [2.05, 4.69) is 17.0 Å². The molecule has 1 atom stereocenters. The molecule has 0 spiro atoms. The number of rotatable bonds is 4. The lowest BCUT2D eigenvalue weighted by molar-refractivity contribution is -0.116. The van der Waals surface area contributed by atoms with Gasteiger partial charge in [-0.25, -0.2) is 13.1 Å². The summed E-state index contributed by atoms with van der Waals surface area (Å²) in [6, 6.07) is 5.02. The molecule has 3 rings (SSSR count). The standard InChI is InChI=1S/C17H25N3O3S/c1-13(21)20-9-6-14-10-15(4-5-16(14)20)24(22,23)19-12-17(2)7-3-8-18-11-17/h4-5,10,18-19H,3,6-9,11-12H2,1-2H3. The van der Waals surface area contributed by atoms with Crippen molar-refractivity contribution < 1.29 is 13.2 Å². The SMILES string of the molecule is CC(=O)N1CCc2cc(S(=O)(=O)NCC3(C)CCCNC3)ccc21. The highest BCUT2D eigenvalue weighted by molar-refractivity contribution is 7.89. The largest absolute Gasteiger partial charge is 0.316 e. The molecule has 2 N–H and O–H groups in total. The molecule has 1 amide bonds. The van der Waals surface area contributed by atoms with E-state index in [1.807, 2.05) is 0 Å². The van der Waals surface area contributed by atoms with E-state index in [1.54, 1.807) is 23.1 Å². The summed E-state index contributed by atoms with van der Waals surface area (Å²) in [7, 11) is -3.54. The van der Waals surface area contributed by atoms with Crippen LogP contribution in [0.15, 0.2) is 23.1 Å². The highest BCUT2D eigenvalue weighted by Crippen LogP contribution is 2.30. The van der Waals surface area contributed by atoms with E-state index in [9.17, 15) is 13.2 Å². The van der Waals surface area contributed by atoms with Crippen molar-refractivity contribution in [3.05, 3.63) is 23.8 Å². The number of sulfonamides is 1. The quantitative estimate of drug-likeness (QED) is 0.856. The van der Waals surface area contributed by atoms with Crippen molar-refractivity contribution in [2.45, 2.75) is 38.0 Å². The number of amides is 1. The van der Waals surface area contributed by atoms with E-state index in [0.717, 1.165) is 37.2 Å². The summed E-state index contributed by atoms with van der Waals surface area (Å²) in [6.45, 7) is 6.51. The molecule has 1 fully saturated rings. The van der Waals surface area contributed by atoms with Crippen LogP contribution in [0.4, 0.5) is 5.69 Å². The number of fused-ring (bicyclic) bond motifs is 1. The van der Waals surface area contributed by atoms with Crippen LogP contribution in [0.3, 0.4) is 0 Å². The predicted molar refractivity (Wildman–Crippen MR) is 93.6 cm³/mol. The van der Waals surface area contributed by atoms with Crippen LogP contribution in [-0.2, 0) is 21.2 Å². The normalized spacial score (nSPS) is 24.0. The van der Waals surface area contributed by atoms with Crippen LogP contribution in [0.5, 0.6) is 0 Å². The van der Waals surface area contributed by atoms with Crippen molar-refractivity contribution in [2.75, 3.05) is 31.1 Å². The maximum absolute atomic E-state index is 12.6. The second-order valence-corrected chi connectivity index (χ2v) is 8.89. The number of carbonyl (C=O) groups is 1. The van der Waals surface area contributed by atoms with Gasteiger partial charge in [-0.1, -0.05) is 6.92 Å². The molecule has 6 nitrogen and oxygen atoms in total. The first-order chi connectivity index (χ1) is 11.3. The molecule has 0 saturated carbocycles. The number of carbonyl (C=O) groups excluding carboxylic acids is 1. The fraction of sp³-hybridized carbons (Fsp3) is 0.588. The Morgan fingerprint density at radius 2 is 2.21 bits per heavy atom. The first-order valence-electron chi connectivity index (χ1n) is 8.42. The lowest BCUT2D eigenvalue weighted by Gasteiger charge is -2.34. The van der Waals surface area contributed by atoms with Crippen LogP contribution in [0, 0.1) is 5.41 Å². The summed E-state index contributed by atoms with van der Waals surface area (Å²) in [6.07, 6.45) is 2.78. The average molecular weight is 351 g/mol. The van der Waals surface area contributed by atoms with Crippen LogP contribution >= 0.6 is 0 Å². The molecule has 2 heterocycles. The third-order valence-corrected chi connectivity index (χ3v) is 6.41. The summed E-state index contributed by atoms with van der Waals surface area (Å²) in [5, 5.41) is 3.33. The topological polar surface area (TPSA) is 78.5 Å². The van der Waals surface area contributed by atoms with Gasteiger partial charge in [-0.05, 0) is 55.0 Å². The Balaban J connectivity index is 1.75. The van der Waals surface area contributed by atoms with Gasteiger partial charge < -0.3 is 10.2 Å². The van der Waals surface area contributed by atoms with Gasteiger partial charge in [0.15, 0.2) is 0 Å². The average Bonchev–Trinajstić information content (AvgIpc) is 2.97. The lowest BCUT2D eigenvalue weighted by Crippen LogP contribution is -2.45. The van der Waals surface area contributed by atoms with E-state index < -0.39 is 10.0 Å². The molecule has 0 bridgehead atoms. The van der Waals surface area contributed by atoms with Crippen molar-refractivity contribution in [3.8, 4) is 0 Å². The van der Waals surface area contributed by atoms with Gasteiger partial charge in [0.2, 0.25) is 15.9 Å². The van der Waals surface area contributed by atoms with Crippen molar-refractivity contribution in [3.63, 3.8) is 0 Å². The molecule has 1 aromatic carbocycles. The second kappa shape index (κ2) is 6.46. The predicted octanol–water partition coefficient (Wildman–Crippen LogP) is 1.26. The molecule has 1 saturated heterocycles. The highest BCUT2D eigenvalue weighted by atomic mass is 32.2. The van der Waals surface area contributed by atoms with Crippen molar-refractivity contribution in [1.82, 2.24) is 10.0 Å². The first kappa shape index (κ1) is 17.4. The summed E-state index contributed by atoms with van der Waals surface area (Å²) < 4.78 is 28.0. The van der Waals surface area contributed by atoms with Gasteiger partial charge in [-0.3, -0.25) is 4.79 Å². The molecular formula is C17H25N3O3S. The van der Waals surface area contributed by atoms with E-state index in [0.29, 0.717) is 19.5 Å². The van der Waals surface area contributed by atoms with Crippen molar-refractivity contribution in [1.29, 1.82) is 0 Å². The third kappa shape index (κ3) is 3.48. The molecule has 0 aliphatic carbocycles. The summed E-state index contributed by atoms with van der Waals surface area (Å²) in [5.41, 5.74) is 1.69. The Morgan fingerprint density at radius 3 is 2.88 bits per heavy atom. The van der Waals surface area contributed by atoms with E-state index in [1.165, 1.54) is 6.92 Å². The number of nitrogens with one attached hydrogen (secondary N) is 2. The monoisotopic (exact) mass is 351 g/mol. The van der Waals surface area contributed by atoms with Crippen LogP contribution in [0.25, 0.3) is 0 Å². The minimum Gasteiger partial charge on any atom is -0.316 e. The minimum absolute atomic E-state index is 0.0137. The zero-order valence-corrected chi connectivity index (χ0v) is 15.1. The summed E-state index contributed by atoms with van der Waals surface area (Å²) in [5.74, 6) is -0.0137. The van der Waals surface area contributed by atoms with Gasteiger partial charge in [0.25, 0.3) is 0 Å². The van der Waals surface area contributed by atoms with Crippen LogP contribution in [-0.4, -0.2) is 40.5 Å². The van der Waals surface area contributed by atoms with Crippen molar-refractivity contribution in [2.24, 2.45) is 5.41 Å². The molecule has 2 aliphatic rings. The number of nitrogens with zero attached hydrogens (tertiary/aromatic N) is 1. The fourth-order valence-electron chi connectivity index (χ4n) is 3.49.